The molecule has 2 heterocycles. The Bertz CT molecular complexity index is 1180. The van der Waals surface area contributed by atoms with Crippen molar-refractivity contribution in [3.8, 4) is 5.69 Å². The van der Waals surface area contributed by atoms with Gasteiger partial charge >= 0.3 is 0 Å². The van der Waals surface area contributed by atoms with E-state index in [0.717, 1.165) is 31.0 Å². The Morgan fingerprint density at radius 1 is 1.00 bits per heavy atom. The van der Waals surface area contributed by atoms with Gasteiger partial charge in [-0.1, -0.05) is 25.1 Å². The Morgan fingerprint density at radius 2 is 1.66 bits per heavy atom. The summed E-state index contributed by atoms with van der Waals surface area (Å²) in [6, 6.07) is 15.9. The summed E-state index contributed by atoms with van der Waals surface area (Å²) in [5.41, 5.74) is 2.58. The summed E-state index contributed by atoms with van der Waals surface area (Å²) < 4.78 is 29.1. The van der Waals surface area contributed by atoms with Gasteiger partial charge < -0.3 is 10.2 Å². The first-order valence-electron chi connectivity index (χ1n) is 10.6. The molecule has 1 fully saturated rings. The number of carbonyl (C=O) groups is 1. The van der Waals surface area contributed by atoms with Gasteiger partial charge in [-0.15, -0.1) is 0 Å². The first kappa shape index (κ1) is 22.2. The topological polar surface area (TPSA) is 87.5 Å². The van der Waals surface area contributed by atoms with Gasteiger partial charge in [0.2, 0.25) is 10.0 Å². The number of nitrogens with zero attached hydrogens (tertiary/aromatic N) is 4. The van der Waals surface area contributed by atoms with Crippen molar-refractivity contribution in [1.82, 2.24) is 19.0 Å². The van der Waals surface area contributed by atoms with Crippen molar-refractivity contribution in [2.45, 2.75) is 18.7 Å². The first-order valence-corrected chi connectivity index (χ1v) is 12.1. The predicted molar refractivity (Wildman–Crippen MR) is 124 cm³/mol. The fourth-order valence-corrected chi connectivity index (χ4v) is 5.23. The summed E-state index contributed by atoms with van der Waals surface area (Å²) in [7, 11) is -3.54. The molecular formula is C23H27N5O3S. The third-order valence-electron chi connectivity index (χ3n) is 5.78. The van der Waals surface area contributed by atoms with E-state index in [1.54, 1.807) is 16.8 Å². The number of likely N-dealkylation sites (N-methyl/N-ethyl adjacent to an activating group) is 1. The molecule has 9 heteroatoms. The van der Waals surface area contributed by atoms with Gasteiger partial charge in [0.15, 0.2) is 0 Å². The third-order valence-corrected chi connectivity index (χ3v) is 7.70. The van der Waals surface area contributed by atoms with Gasteiger partial charge in [0.25, 0.3) is 5.91 Å². The first-order chi connectivity index (χ1) is 15.4. The summed E-state index contributed by atoms with van der Waals surface area (Å²) in [5.74, 6) is -0.295. The van der Waals surface area contributed by atoms with Crippen LogP contribution in [-0.4, -0.2) is 66.0 Å². The van der Waals surface area contributed by atoms with Crippen molar-refractivity contribution >= 4 is 21.6 Å². The van der Waals surface area contributed by atoms with Crippen LogP contribution >= 0.6 is 0 Å². The van der Waals surface area contributed by atoms with E-state index in [1.165, 1.54) is 22.6 Å². The molecule has 168 valence electrons. The summed E-state index contributed by atoms with van der Waals surface area (Å²) in [6.45, 7) is 7.28. The van der Waals surface area contributed by atoms with E-state index in [2.05, 4.69) is 22.2 Å². The number of hydrogen-bond acceptors (Lipinski definition) is 5. The van der Waals surface area contributed by atoms with Crippen LogP contribution in [0.25, 0.3) is 5.69 Å². The molecule has 3 aromatic rings. The van der Waals surface area contributed by atoms with E-state index in [1.807, 2.05) is 37.3 Å². The van der Waals surface area contributed by atoms with Crippen molar-refractivity contribution in [3.05, 3.63) is 72.1 Å². The van der Waals surface area contributed by atoms with Gasteiger partial charge in [0.05, 0.1) is 28.0 Å². The molecular weight excluding hydrogens is 426 g/mol. The van der Waals surface area contributed by atoms with Crippen molar-refractivity contribution in [2.75, 3.05) is 38.0 Å². The molecule has 4 rings (SSSR count). The Kier molecular flexibility index (Phi) is 6.40. The lowest BCUT2D eigenvalue weighted by Gasteiger charge is -2.33. The van der Waals surface area contributed by atoms with Crippen molar-refractivity contribution in [2.24, 2.45) is 0 Å². The fourth-order valence-electron chi connectivity index (χ4n) is 3.81. The zero-order valence-corrected chi connectivity index (χ0v) is 19.0. The van der Waals surface area contributed by atoms with Crippen LogP contribution in [0, 0.1) is 6.92 Å². The van der Waals surface area contributed by atoms with Gasteiger partial charge in [0, 0.05) is 31.9 Å². The molecule has 1 aliphatic heterocycles. The molecule has 32 heavy (non-hydrogen) atoms. The predicted octanol–water partition coefficient (Wildman–Crippen LogP) is 2.76. The molecule has 1 N–H and O–H groups in total. The van der Waals surface area contributed by atoms with Gasteiger partial charge in [-0.25, -0.2) is 13.1 Å². The van der Waals surface area contributed by atoms with Gasteiger partial charge in [-0.05, 0) is 49.9 Å². The average Bonchev–Trinajstić information content (AvgIpc) is 3.21. The molecule has 1 saturated heterocycles. The van der Waals surface area contributed by atoms with Crippen molar-refractivity contribution in [3.63, 3.8) is 0 Å². The average molecular weight is 454 g/mol. The molecule has 8 nitrogen and oxygen atoms in total. The number of sulfonamides is 1. The van der Waals surface area contributed by atoms with E-state index < -0.39 is 10.0 Å². The minimum Gasteiger partial charge on any atom is -0.322 e. The third kappa shape index (κ3) is 4.45. The van der Waals surface area contributed by atoms with Crippen LogP contribution in [-0.2, 0) is 10.0 Å². The Hall–Kier alpha value is -3.01. The zero-order valence-electron chi connectivity index (χ0n) is 18.2. The molecule has 1 amide bonds. The summed E-state index contributed by atoms with van der Waals surface area (Å²) in [6.07, 6.45) is 1.53. The molecule has 0 unspecified atom stereocenters. The quantitative estimate of drug-likeness (QED) is 0.620. The highest BCUT2D eigenvalue weighted by Crippen LogP contribution is 2.21. The standard InChI is InChI=1S/C23H27N5O3S/c1-3-26-13-15-27(16-14-26)32(30,31)21-11-9-19(10-12-21)25-23(29)22-17-24-28(18(22)2)20-7-5-4-6-8-20/h4-12,17H,3,13-16H2,1-2H3,(H,25,29). The van der Waals surface area contributed by atoms with Crippen LogP contribution in [0.15, 0.2) is 65.7 Å². The summed E-state index contributed by atoms with van der Waals surface area (Å²) >= 11 is 0. The van der Waals surface area contributed by atoms with E-state index in [4.69, 9.17) is 0 Å². The molecule has 0 aliphatic carbocycles. The molecule has 2 aromatic carbocycles. The number of nitrogens with one attached hydrogen (secondary N) is 1. The highest BCUT2D eigenvalue weighted by Gasteiger charge is 2.28. The molecule has 0 spiro atoms. The molecule has 0 atom stereocenters. The number of aromatic nitrogens is 2. The molecule has 0 radical (unpaired) electrons. The van der Waals surface area contributed by atoms with Crippen molar-refractivity contribution < 1.29 is 13.2 Å². The number of para-hydroxylation sites is 1. The normalized spacial score (nSPS) is 15.6. The van der Waals surface area contributed by atoms with E-state index in [0.29, 0.717) is 24.3 Å². The zero-order chi connectivity index (χ0) is 22.7. The second kappa shape index (κ2) is 9.23. The smallest absolute Gasteiger partial charge is 0.259 e. The maximum absolute atomic E-state index is 12.9. The van der Waals surface area contributed by atoms with E-state index in [9.17, 15) is 13.2 Å². The number of hydrogen-bond donors (Lipinski definition) is 1. The van der Waals surface area contributed by atoms with Crippen LogP contribution in [0.2, 0.25) is 0 Å². The van der Waals surface area contributed by atoms with Gasteiger partial charge in [0.1, 0.15) is 0 Å². The van der Waals surface area contributed by atoms with Crippen LogP contribution in [0.4, 0.5) is 5.69 Å². The van der Waals surface area contributed by atoms with Crippen LogP contribution in [0.5, 0.6) is 0 Å². The minimum absolute atomic E-state index is 0.230. The maximum atomic E-state index is 12.9. The van der Waals surface area contributed by atoms with Gasteiger partial charge in [-0.3, -0.25) is 4.79 Å². The summed E-state index contributed by atoms with van der Waals surface area (Å²) in [4.78, 5) is 15.2. The van der Waals surface area contributed by atoms with Gasteiger partial charge in [-0.2, -0.15) is 9.40 Å². The largest absolute Gasteiger partial charge is 0.322 e. The number of anilines is 1. The molecule has 1 aromatic heterocycles. The molecule has 0 saturated carbocycles. The van der Waals surface area contributed by atoms with Crippen LogP contribution in [0.3, 0.4) is 0 Å². The maximum Gasteiger partial charge on any atom is 0.259 e. The second-order valence-corrected chi connectivity index (χ2v) is 9.65. The lowest BCUT2D eigenvalue weighted by molar-refractivity contribution is 0.102. The number of amides is 1. The molecule has 0 bridgehead atoms. The number of benzene rings is 2. The van der Waals surface area contributed by atoms with E-state index >= 15 is 0 Å². The number of piperazine rings is 1. The van der Waals surface area contributed by atoms with Crippen LogP contribution < -0.4 is 5.32 Å². The Morgan fingerprint density at radius 3 is 2.28 bits per heavy atom. The highest BCUT2D eigenvalue weighted by atomic mass is 32.2. The van der Waals surface area contributed by atoms with E-state index in [-0.39, 0.29) is 10.8 Å². The second-order valence-electron chi connectivity index (χ2n) is 7.71. The lowest BCUT2D eigenvalue weighted by atomic mass is 10.2. The lowest BCUT2D eigenvalue weighted by Crippen LogP contribution is -2.48. The van der Waals surface area contributed by atoms with Crippen LogP contribution in [0.1, 0.15) is 23.0 Å². The fraction of sp³-hybridized carbons (Fsp3) is 0.304. The summed E-state index contributed by atoms with van der Waals surface area (Å²) in [5, 5.41) is 7.15. The Labute approximate surface area is 188 Å². The monoisotopic (exact) mass is 453 g/mol. The highest BCUT2D eigenvalue weighted by molar-refractivity contribution is 7.89. The minimum atomic E-state index is -3.54. The SMILES string of the molecule is CCN1CCN(S(=O)(=O)c2ccc(NC(=O)c3cnn(-c4ccccc4)c3C)cc2)CC1. The number of rotatable bonds is 6. The Balaban J connectivity index is 1.45. The number of carbonyl (C=O) groups excluding carboxylic acids is 1. The molecule has 1 aliphatic rings. The van der Waals surface area contributed by atoms with Crippen molar-refractivity contribution in [1.29, 1.82) is 0 Å².